The number of aryl methyl sites for hydroxylation is 2. The van der Waals surface area contributed by atoms with Crippen LogP contribution in [-0.4, -0.2) is 20.1 Å². The number of Topliss-reactive ketones (excluding diaryl/α,β-unsaturated/α-hetero) is 1. The lowest BCUT2D eigenvalue weighted by Crippen LogP contribution is -2.37. The summed E-state index contributed by atoms with van der Waals surface area (Å²) < 4.78 is 33.9. The Morgan fingerprint density at radius 1 is 0.971 bits per heavy atom. The average molecular weight is 496 g/mol. The van der Waals surface area contributed by atoms with Gasteiger partial charge in [0.15, 0.2) is 5.78 Å². The van der Waals surface area contributed by atoms with Gasteiger partial charge in [0, 0.05) is 16.0 Å². The topological polar surface area (TPSA) is 84.7 Å². The minimum absolute atomic E-state index is 0.0257. The SMILES string of the molecule is CCc1ccc(S(=O)(=O)N(C(=O)c2ccc(Cl)cc2)c2ccc3oc(C)c(C(C)=O)c3c2)cc1. The van der Waals surface area contributed by atoms with E-state index in [9.17, 15) is 18.0 Å². The summed E-state index contributed by atoms with van der Waals surface area (Å²) in [6.07, 6.45) is 0.748. The Labute approximate surface area is 202 Å². The third kappa shape index (κ3) is 4.24. The van der Waals surface area contributed by atoms with Crippen molar-refractivity contribution in [3.8, 4) is 0 Å². The van der Waals surface area contributed by atoms with Gasteiger partial charge < -0.3 is 4.42 Å². The number of rotatable bonds is 6. The molecule has 8 heteroatoms. The van der Waals surface area contributed by atoms with Crippen LogP contribution in [0.3, 0.4) is 0 Å². The predicted molar refractivity (Wildman–Crippen MR) is 132 cm³/mol. The molecule has 1 amide bonds. The second kappa shape index (κ2) is 9.08. The fraction of sp³-hybridized carbons (Fsp3) is 0.154. The minimum Gasteiger partial charge on any atom is -0.461 e. The molecule has 0 saturated carbocycles. The van der Waals surface area contributed by atoms with Crippen LogP contribution < -0.4 is 4.31 Å². The first-order valence-corrected chi connectivity index (χ1v) is 12.4. The number of hydrogen-bond donors (Lipinski definition) is 0. The molecule has 6 nitrogen and oxygen atoms in total. The standard InChI is InChI=1S/C26H22ClNO5S/c1-4-18-5-12-22(13-6-18)34(31,32)28(26(30)19-7-9-20(27)10-8-19)21-11-14-24-23(15-21)25(16(2)29)17(3)33-24/h5-15H,4H2,1-3H3. The van der Waals surface area contributed by atoms with Gasteiger partial charge in [-0.05, 0) is 80.4 Å². The maximum Gasteiger partial charge on any atom is 0.272 e. The van der Waals surface area contributed by atoms with Crippen molar-refractivity contribution in [3.05, 3.63) is 94.2 Å². The molecule has 0 fully saturated rings. The van der Waals surface area contributed by atoms with E-state index in [1.54, 1.807) is 25.1 Å². The number of furan rings is 1. The quantitative estimate of drug-likeness (QED) is 0.297. The van der Waals surface area contributed by atoms with Gasteiger partial charge in [-0.15, -0.1) is 0 Å². The fourth-order valence-corrected chi connectivity index (χ4v) is 5.38. The van der Waals surface area contributed by atoms with E-state index in [1.165, 1.54) is 55.5 Å². The first kappa shape index (κ1) is 23.7. The molecular weight excluding hydrogens is 474 g/mol. The molecule has 0 radical (unpaired) electrons. The third-order valence-electron chi connectivity index (χ3n) is 5.58. The number of anilines is 1. The van der Waals surface area contributed by atoms with Crippen molar-refractivity contribution in [2.24, 2.45) is 0 Å². The Bertz CT molecular complexity index is 1500. The number of hydrogen-bond acceptors (Lipinski definition) is 5. The number of carbonyl (C=O) groups excluding carboxylic acids is 2. The van der Waals surface area contributed by atoms with E-state index in [0.717, 1.165) is 16.3 Å². The summed E-state index contributed by atoms with van der Waals surface area (Å²) in [5.74, 6) is -0.546. The number of ketones is 1. The Morgan fingerprint density at radius 3 is 2.21 bits per heavy atom. The van der Waals surface area contributed by atoms with E-state index < -0.39 is 15.9 Å². The van der Waals surface area contributed by atoms with E-state index in [0.29, 0.717) is 27.3 Å². The van der Waals surface area contributed by atoms with Crippen molar-refractivity contribution < 1.29 is 22.4 Å². The van der Waals surface area contributed by atoms with E-state index in [-0.39, 0.29) is 21.9 Å². The average Bonchev–Trinajstić information content (AvgIpc) is 3.14. The molecule has 4 rings (SSSR count). The molecule has 3 aromatic carbocycles. The molecule has 0 bridgehead atoms. The Kier molecular flexibility index (Phi) is 6.34. The number of halogens is 1. The van der Waals surface area contributed by atoms with Gasteiger partial charge in [0.1, 0.15) is 11.3 Å². The molecule has 0 atom stereocenters. The van der Waals surface area contributed by atoms with Crippen molar-refractivity contribution in [1.82, 2.24) is 0 Å². The molecular formula is C26H22ClNO5S. The number of amides is 1. The van der Waals surface area contributed by atoms with Crippen LogP contribution in [0.5, 0.6) is 0 Å². The van der Waals surface area contributed by atoms with Crippen molar-refractivity contribution in [3.63, 3.8) is 0 Å². The second-order valence-electron chi connectivity index (χ2n) is 7.85. The molecule has 0 aliphatic carbocycles. The highest BCUT2D eigenvalue weighted by Gasteiger charge is 2.32. The zero-order chi connectivity index (χ0) is 24.6. The van der Waals surface area contributed by atoms with Crippen LogP contribution in [0.2, 0.25) is 5.02 Å². The summed E-state index contributed by atoms with van der Waals surface area (Å²) in [6.45, 7) is 5.04. The van der Waals surface area contributed by atoms with Gasteiger partial charge in [0.2, 0.25) is 0 Å². The minimum atomic E-state index is -4.30. The smallest absolute Gasteiger partial charge is 0.272 e. The number of benzene rings is 3. The molecule has 0 saturated heterocycles. The molecule has 0 unspecified atom stereocenters. The van der Waals surface area contributed by atoms with Gasteiger partial charge in [-0.3, -0.25) is 9.59 Å². The molecule has 34 heavy (non-hydrogen) atoms. The van der Waals surface area contributed by atoms with Crippen LogP contribution in [0.15, 0.2) is 76.0 Å². The summed E-state index contributed by atoms with van der Waals surface area (Å²) in [4.78, 5) is 25.8. The highest BCUT2D eigenvalue weighted by atomic mass is 35.5. The maximum atomic E-state index is 13.8. The monoisotopic (exact) mass is 495 g/mol. The first-order valence-electron chi connectivity index (χ1n) is 10.6. The Balaban J connectivity index is 1.93. The predicted octanol–water partition coefficient (Wildman–Crippen LogP) is 6.20. The van der Waals surface area contributed by atoms with Crippen molar-refractivity contribution in [1.29, 1.82) is 0 Å². The van der Waals surface area contributed by atoms with Crippen LogP contribution in [0.1, 0.15) is 45.9 Å². The van der Waals surface area contributed by atoms with Crippen molar-refractivity contribution in [2.75, 3.05) is 4.31 Å². The van der Waals surface area contributed by atoms with E-state index in [1.807, 2.05) is 6.92 Å². The van der Waals surface area contributed by atoms with E-state index in [2.05, 4.69) is 0 Å². The van der Waals surface area contributed by atoms with Crippen molar-refractivity contribution in [2.45, 2.75) is 32.1 Å². The van der Waals surface area contributed by atoms with E-state index >= 15 is 0 Å². The van der Waals surface area contributed by atoms with Crippen molar-refractivity contribution >= 4 is 50.0 Å². The number of nitrogens with zero attached hydrogens (tertiary/aromatic N) is 1. The Hall–Kier alpha value is -3.42. The molecule has 0 aliphatic rings. The lowest BCUT2D eigenvalue weighted by atomic mass is 10.1. The molecule has 1 heterocycles. The van der Waals surface area contributed by atoms with Gasteiger partial charge in [0.05, 0.1) is 16.1 Å². The number of sulfonamides is 1. The van der Waals surface area contributed by atoms with Gasteiger partial charge in [0.25, 0.3) is 15.9 Å². The van der Waals surface area contributed by atoms with Crippen LogP contribution in [-0.2, 0) is 16.4 Å². The lowest BCUT2D eigenvalue weighted by molar-refractivity contribution is 0.1000. The van der Waals surface area contributed by atoms with Crippen LogP contribution in [0.4, 0.5) is 5.69 Å². The first-order chi connectivity index (χ1) is 16.1. The number of fused-ring (bicyclic) bond motifs is 1. The molecule has 0 N–H and O–H groups in total. The van der Waals surface area contributed by atoms with Gasteiger partial charge in [-0.1, -0.05) is 30.7 Å². The summed E-state index contributed by atoms with van der Waals surface area (Å²) in [7, 11) is -4.30. The molecule has 1 aromatic heterocycles. The maximum absolute atomic E-state index is 13.8. The van der Waals surface area contributed by atoms with Gasteiger partial charge in [-0.2, -0.15) is 4.31 Å². The summed E-state index contributed by atoms with van der Waals surface area (Å²) >= 11 is 5.96. The van der Waals surface area contributed by atoms with Crippen LogP contribution >= 0.6 is 11.6 Å². The van der Waals surface area contributed by atoms with Crippen LogP contribution in [0.25, 0.3) is 11.0 Å². The van der Waals surface area contributed by atoms with Gasteiger partial charge >= 0.3 is 0 Å². The largest absolute Gasteiger partial charge is 0.461 e. The third-order valence-corrected chi connectivity index (χ3v) is 7.56. The summed E-state index contributed by atoms with van der Waals surface area (Å²) in [6, 6.07) is 16.9. The van der Waals surface area contributed by atoms with Gasteiger partial charge in [-0.25, -0.2) is 8.42 Å². The molecule has 0 spiro atoms. The highest BCUT2D eigenvalue weighted by molar-refractivity contribution is 7.93. The number of carbonyl (C=O) groups is 2. The lowest BCUT2D eigenvalue weighted by Gasteiger charge is -2.23. The summed E-state index contributed by atoms with van der Waals surface area (Å²) in [5.41, 5.74) is 1.98. The van der Waals surface area contributed by atoms with Crippen LogP contribution in [0, 0.1) is 6.92 Å². The fourth-order valence-electron chi connectivity index (χ4n) is 3.85. The zero-order valence-electron chi connectivity index (χ0n) is 18.8. The van der Waals surface area contributed by atoms with E-state index in [4.69, 9.17) is 16.0 Å². The molecule has 4 aromatic rings. The summed E-state index contributed by atoms with van der Waals surface area (Å²) in [5, 5.41) is 0.857. The molecule has 0 aliphatic heterocycles. The highest BCUT2D eigenvalue weighted by Crippen LogP contribution is 2.33. The zero-order valence-corrected chi connectivity index (χ0v) is 20.4. The molecule has 174 valence electrons. The normalized spacial score (nSPS) is 11.5. The second-order valence-corrected chi connectivity index (χ2v) is 10.1. The Morgan fingerprint density at radius 2 is 1.62 bits per heavy atom.